The van der Waals surface area contributed by atoms with E-state index in [2.05, 4.69) is 0 Å². The molecule has 25 heavy (non-hydrogen) atoms. The molecule has 136 valence electrons. The maximum atomic E-state index is 12.7. The SMILES string of the molecule is C[C@@H]1CCC[C@H](C)N1C(=O)[C@@H](C)OC(=O)c1ccc2c(c1)OCCO2. The molecule has 1 aromatic rings. The largest absolute Gasteiger partial charge is 0.486 e. The third-order valence-electron chi connectivity index (χ3n) is 4.86. The molecule has 1 fully saturated rings. The van der Waals surface area contributed by atoms with Crippen molar-refractivity contribution < 1.29 is 23.8 Å². The standard InChI is InChI=1S/C19H25NO5/c1-12-5-4-6-13(2)20(12)18(21)14(3)25-19(22)15-7-8-16-17(11-15)24-10-9-23-16/h7-8,11-14H,4-6,9-10H2,1-3H3/t12-,13+,14-/m1/s1. The summed E-state index contributed by atoms with van der Waals surface area (Å²) in [5, 5.41) is 0. The van der Waals surface area contributed by atoms with E-state index in [1.54, 1.807) is 25.1 Å². The highest BCUT2D eigenvalue weighted by atomic mass is 16.6. The number of hydrogen-bond donors (Lipinski definition) is 0. The number of ether oxygens (including phenoxy) is 3. The Hall–Kier alpha value is -2.24. The second kappa shape index (κ2) is 7.33. The zero-order valence-electron chi connectivity index (χ0n) is 15.0. The lowest BCUT2D eigenvalue weighted by molar-refractivity contribution is -0.146. The molecule has 0 aromatic heterocycles. The Kier molecular flexibility index (Phi) is 5.16. The number of carbonyl (C=O) groups is 2. The second-order valence-corrected chi connectivity index (χ2v) is 6.78. The lowest BCUT2D eigenvalue weighted by atomic mass is 9.97. The zero-order valence-corrected chi connectivity index (χ0v) is 15.0. The Morgan fingerprint density at radius 2 is 1.76 bits per heavy atom. The topological polar surface area (TPSA) is 65.1 Å². The summed E-state index contributed by atoms with van der Waals surface area (Å²) < 4.78 is 16.3. The molecule has 2 aliphatic rings. The number of hydrogen-bond acceptors (Lipinski definition) is 5. The van der Waals surface area contributed by atoms with Crippen molar-refractivity contribution in [1.29, 1.82) is 0 Å². The summed E-state index contributed by atoms with van der Waals surface area (Å²) in [6.07, 6.45) is 2.28. The van der Waals surface area contributed by atoms with Crippen LogP contribution in [0.5, 0.6) is 11.5 Å². The average Bonchev–Trinajstić information content (AvgIpc) is 2.60. The molecule has 0 spiro atoms. The first-order valence-corrected chi connectivity index (χ1v) is 8.90. The van der Waals surface area contributed by atoms with Crippen molar-refractivity contribution >= 4 is 11.9 Å². The van der Waals surface area contributed by atoms with E-state index in [0.717, 1.165) is 19.3 Å². The van der Waals surface area contributed by atoms with Crippen LogP contribution in [0.25, 0.3) is 0 Å². The van der Waals surface area contributed by atoms with E-state index in [-0.39, 0.29) is 18.0 Å². The van der Waals surface area contributed by atoms with Crippen LogP contribution in [0, 0.1) is 0 Å². The average molecular weight is 347 g/mol. The van der Waals surface area contributed by atoms with Gasteiger partial charge < -0.3 is 19.1 Å². The summed E-state index contributed by atoms with van der Waals surface area (Å²) in [7, 11) is 0. The van der Waals surface area contributed by atoms with Crippen LogP contribution in [0.1, 0.15) is 50.4 Å². The molecule has 1 aromatic carbocycles. The van der Waals surface area contributed by atoms with Crippen LogP contribution in [-0.2, 0) is 9.53 Å². The van der Waals surface area contributed by atoms with Crippen LogP contribution in [0.3, 0.4) is 0 Å². The molecule has 3 rings (SSSR count). The Balaban J connectivity index is 1.66. The number of esters is 1. The molecule has 0 unspecified atom stereocenters. The van der Waals surface area contributed by atoms with E-state index in [4.69, 9.17) is 14.2 Å². The van der Waals surface area contributed by atoms with Crippen molar-refractivity contribution in [2.75, 3.05) is 13.2 Å². The number of likely N-dealkylation sites (tertiary alicyclic amines) is 1. The van der Waals surface area contributed by atoms with Crippen LogP contribution < -0.4 is 9.47 Å². The molecule has 1 amide bonds. The van der Waals surface area contributed by atoms with Gasteiger partial charge in [-0.15, -0.1) is 0 Å². The molecule has 6 heteroatoms. The zero-order chi connectivity index (χ0) is 18.0. The van der Waals surface area contributed by atoms with Gasteiger partial charge in [0, 0.05) is 12.1 Å². The fourth-order valence-corrected chi connectivity index (χ4v) is 3.51. The van der Waals surface area contributed by atoms with Crippen molar-refractivity contribution in [3.8, 4) is 11.5 Å². The van der Waals surface area contributed by atoms with Gasteiger partial charge in [-0.25, -0.2) is 4.79 Å². The molecule has 0 radical (unpaired) electrons. The third kappa shape index (κ3) is 3.72. The number of nitrogens with zero attached hydrogens (tertiary/aromatic N) is 1. The second-order valence-electron chi connectivity index (χ2n) is 6.78. The van der Waals surface area contributed by atoms with Crippen molar-refractivity contribution in [1.82, 2.24) is 4.90 Å². The monoisotopic (exact) mass is 347 g/mol. The van der Waals surface area contributed by atoms with Crippen LogP contribution in [0.4, 0.5) is 0 Å². The fraction of sp³-hybridized carbons (Fsp3) is 0.579. The van der Waals surface area contributed by atoms with Crippen LogP contribution in [-0.4, -0.2) is 48.2 Å². The number of carbonyl (C=O) groups excluding carboxylic acids is 2. The predicted molar refractivity (Wildman–Crippen MR) is 91.9 cm³/mol. The van der Waals surface area contributed by atoms with Gasteiger partial charge in [0.15, 0.2) is 17.6 Å². The maximum Gasteiger partial charge on any atom is 0.339 e. The van der Waals surface area contributed by atoms with Crippen LogP contribution in [0.2, 0.25) is 0 Å². The third-order valence-corrected chi connectivity index (χ3v) is 4.86. The van der Waals surface area contributed by atoms with E-state index < -0.39 is 12.1 Å². The molecule has 0 saturated carbocycles. The van der Waals surface area contributed by atoms with E-state index in [0.29, 0.717) is 30.3 Å². The number of fused-ring (bicyclic) bond motifs is 1. The maximum absolute atomic E-state index is 12.7. The quantitative estimate of drug-likeness (QED) is 0.787. The summed E-state index contributed by atoms with van der Waals surface area (Å²) in [5.74, 6) is 0.474. The highest BCUT2D eigenvalue weighted by Gasteiger charge is 2.33. The Bertz CT molecular complexity index is 649. The van der Waals surface area contributed by atoms with E-state index in [1.807, 2.05) is 18.7 Å². The van der Waals surface area contributed by atoms with Gasteiger partial charge in [-0.1, -0.05) is 0 Å². The summed E-state index contributed by atoms with van der Waals surface area (Å²) in [6.45, 7) is 6.66. The molecule has 0 aliphatic carbocycles. The Morgan fingerprint density at radius 3 is 2.44 bits per heavy atom. The van der Waals surface area contributed by atoms with E-state index in [9.17, 15) is 9.59 Å². The summed E-state index contributed by atoms with van der Waals surface area (Å²) in [4.78, 5) is 27.0. The first-order valence-electron chi connectivity index (χ1n) is 8.90. The molecule has 0 N–H and O–H groups in total. The smallest absolute Gasteiger partial charge is 0.339 e. The summed E-state index contributed by atoms with van der Waals surface area (Å²) in [5.41, 5.74) is 0.351. The van der Waals surface area contributed by atoms with Gasteiger partial charge >= 0.3 is 5.97 Å². The van der Waals surface area contributed by atoms with Gasteiger partial charge in [0.05, 0.1) is 5.56 Å². The summed E-state index contributed by atoms with van der Waals surface area (Å²) >= 11 is 0. The van der Waals surface area contributed by atoms with Gasteiger partial charge in [0.2, 0.25) is 0 Å². The van der Waals surface area contributed by atoms with Crippen LogP contribution in [0.15, 0.2) is 18.2 Å². The molecule has 0 bridgehead atoms. The number of amides is 1. The molecule has 2 aliphatic heterocycles. The van der Waals surface area contributed by atoms with E-state index >= 15 is 0 Å². The fourth-order valence-electron chi connectivity index (χ4n) is 3.51. The lowest BCUT2D eigenvalue weighted by Crippen LogP contribution is -2.51. The minimum absolute atomic E-state index is 0.134. The Labute approximate surface area is 148 Å². The molecule has 2 heterocycles. The minimum atomic E-state index is -0.816. The summed E-state index contributed by atoms with van der Waals surface area (Å²) in [6, 6.07) is 5.25. The molecule has 6 nitrogen and oxygen atoms in total. The minimum Gasteiger partial charge on any atom is -0.486 e. The van der Waals surface area contributed by atoms with E-state index in [1.165, 1.54) is 0 Å². The normalized spacial score (nSPS) is 23.7. The van der Waals surface area contributed by atoms with Gasteiger partial charge in [-0.2, -0.15) is 0 Å². The van der Waals surface area contributed by atoms with Crippen molar-refractivity contribution in [3.05, 3.63) is 23.8 Å². The highest BCUT2D eigenvalue weighted by Crippen LogP contribution is 2.31. The van der Waals surface area contributed by atoms with Crippen molar-refractivity contribution in [2.45, 2.75) is 58.2 Å². The van der Waals surface area contributed by atoms with Gasteiger partial charge in [0.1, 0.15) is 13.2 Å². The van der Waals surface area contributed by atoms with Crippen LogP contribution >= 0.6 is 0 Å². The first kappa shape index (κ1) is 17.6. The Morgan fingerprint density at radius 1 is 1.12 bits per heavy atom. The first-order chi connectivity index (χ1) is 12.0. The predicted octanol–water partition coefficient (Wildman–Crippen LogP) is 2.79. The molecular formula is C19H25NO5. The molecular weight excluding hydrogens is 322 g/mol. The number of benzene rings is 1. The highest BCUT2D eigenvalue weighted by molar-refractivity contribution is 5.93. The van der Waals surface area contributed by atoms with Crippen molar-refractivity contribution in [2.24, 2.45) is 0 Å². The number of piperidine rings is 1. The lowest BCUT2D eigenvalue weighted by Gasteiger charge is -2.40. The van der Waals surface area contributed by atoms with Gasteiger partial charge in [-0.05, 0) is 58.2 Å². The number of rotatable bonds is 3. The van der Waals surface area contributed by atoms with Gasteiger partial charge in [-0.3, -0.25) is 4.79 Å². The molecule has 3 atom stereocenters. The van der Waals surface area contributed by atoms with Gasteiger partial charge in [0.25, 0.3) is 5.91 Å². The van der Waals surface area contributed by atoms with Crippen molar-refractivity contribution in [3.63, 3.8) is 0 Å². The molecule has 1 saturated heterocycles.